The number of amides is 1. The summed E-state index contributed by atoms with van der Waals surface area (Å²) >= 11 is 0. The monoisotopic (exact) mass is 284 g/mol. The lowest BCUT2D eigenvalue weighted by Gasteiger charge is -2.20. The quantitative estimate of drug-likeness (QED) is 0.887. The lowest BCUT2D eigenvalue weighted by Crippen LogP contribution is -2.35. The summed E-state index contributed by atoms with van der Waals surface area (Å²) < 4.78 is 5.31. The maximum Gasteiger partial charge on any atom is 0.241 e. The second-order valence-corrected chi connectivity index (χ2v) is 4.86. The average Bonchev–Trinajstić information content (AvgIpc) is 2.54. The van der Waals surface area contributed by atoms with Gasteiger partial charge in [0.05, 0.1) is 13.2 Å². The third-order valence-electron chi connectivity index (χ3n) is 3.41. The Bertz CT molecular complexity index is 599. The molecule has 0 aliphatic carbocycles. The van der Waals surface area contributed by atoms with Gasteiger partial charge in [0.1, 0.15) is 11.8 Å². The van der Waals surface area contributed by atoms with Crippen molar-refractivity contribution in [2.24, 2.45) is 5.73 Å². The first-order valence-electron chi connectivity index (χ1n) is 6.87. The number of carbonyl (C=O) groups excluding carboxylic acids is 1. The number of para-hydroxylation sites is 1. The van der Waals surface area contributed by atoms with Crippen molar-refractivity contribution in [3.05, 3.63) is 65.7 Å². The fraction of sp³-hybridized carbons (Fsp3) is 0.235. The highest BCUT2D eigenvalue weighted by molar-refractivity contribution is 5.83. The Hall–Kier alpha value is -2.33. The van der Waals surface area contributed by atoms with Crippen LogP contribution in [0.3, 0.4) is 0 Å². The van der Waals surface area contributed by atoms with Crippen molar-refractivity contribution in [2.45, 2.75) is 19.0 Å². The van der Waals surface area contributed by atoms with E-state index in [1.54, 1.807) is 7.11 Å². The number of nitrogens with two attached hydrogens (primary N) is 1. The summed E-state index contributed by atoms with van der Waals surface area (Å²) in [6, 6.07) is 16.1. The van der Waals surface area contributed by atoms with Crippen molar-refractivity contribution in [3.8, 4) is 5.75 Å². The minimum absolute atomic E-state index is 0.177. The molecule has 0 spiro atoms. The molecule has 0 aliphatic heterocycles. The summed E-state index contributed by atoms with van der Waals surface area (Å²) in [5.74, 6) is 0.540. The number of benzene rings is 2. The number of carbonyl (C=O) groups is 1. The van der Waals surface area contributed by atoms with Gasteiger partial charge >= 0.3 is 0 Å². The van der Waals surface area contributed by atoms with E-state index in [9.17, 15) is 4.79 Å². The fourth-order valence-electron chi connectivity index (χ4n) is 2.22. The highest BCUT2D eigenvalue weighted by Gasteiger charge is 2.19. The predicted molar refractivity (Wildman–Crippen MR) is 82.9 cm³/mol. The fourth-order valence-corrected chi connectivity index (χ4v) is 2.22. The normalized spacial score (nSPS) is 13.3. The number of nitrogens with one attached hydrogen (secondary N) is 1. The third kappa shape index (κ3) is 3.61. The molecule has 3 N–H and O–H groups in total. The molecule has 2 aromatic rings. The maximum absolute atomic E-state index is 12.2. The van der Waals surface area contributed by atoms with Crippen molar-refractivity contribution in [1.29, 1.82) is 0 Å². The Balaban J connectivity index is 2.09. The van der Waals surface area contributed by atoms with Gasteiger partial charge in [-0.2, -0.15) is 0 Å². The van der Waals surface area contributed by atoms with Crippen molar-refractivity contribution in [2.75, 3.05) is 7.11 Å². The van der Waals surface area contributed by atoms with Gasteiger partial charge in [-0.1, -0.05) is 48.5 Å². The molecular formula is C17H20N2O2. The molecule has 0 saturated carbocycles. The smallest absolute Gasteiger partial charge is 0.241 e. The lowest BCUT2D eigenvalue weighted by molar-refractivity contribution is -0.123. The van der Waals surface area contributed by atoms with Crippen LogP contribution in [0.25, 0.3) is 0 Å². The predicted octanol–water partition coefficient (Wildman–Crippen LogP) is 2.57. The van der Waals surface area contributed by atoms with Gasteiger partial charge < -0.3 is 15.8 Å². The zero-order chi connectivity index (χ0) is 15.2. The van der Waals surface area contributed by atoms with E-state index in [1.807, 2.05) is 61.5 Å². The molecule has 0 saturated heterocycles. The van der Waals surface area contributed by atoms with Crippen LogP contribution in [-0.4, -0.2) is 13.0 Å². The lowest BCUT2D eigenvalue weighted by atomic mass is 10.0. The van der Waals surface area contributed by atoms with Gasteiger partial charge in [0.15, 0.2) is 0 Å². The van der Waals surface area contributed by atoms with Crippen LogP contribution in [0.1, 0.15) is 30.1 Å². The molecular weight excluding hydrogens is 264 g/mol. The minimum Gasteiger partial charge on any atom is -0.496 e. The topological polar surface area (TPSA) is 64.3 Å². The molecule has 2 aromatic carbocycles. The Labute approximate surface area is 124 Å². The molecule has 0 radical (unpaired) electrons. The second kappa shape index (κ2) is 6.90. The van der Waals surface area contributed by atoms with Gasteiger partial charge in [0.25, 0.3) is 0 Å². The van der Waals surface area contributed by atoms with Crippen molar-refractivity contribution in [3.63, 3.8) is 0 Å². The van der Waals surface area contributed by atoms with Crippen LogP contribution >= 0.6 is 0 Å². The van der Waals surface area contributed by atoms with Crippen LogP contribution in [0, 0.1) is 0 Å². The largest absolute Gasteiger partial charge is 0.496 e. The molecule has 0 aliphatic rings. The van der Waals surface area contributed by atoms with Gasteiger partial charge in [-0.3, -0.25) is 4.79 Å². The first-order valence-corrected chi connectivity index (χ1v) is 6.87. The Morgan fingerprint density at radius 3 is 2.38 bits per heavy atom. The summed E-state index contributed by atoms with van der Waals surface area (Å²) in [5.41, 5.74) is 7.71. The molecule has 21 heavy (non-hydrogen) atoms. The number of rotatable bonds is 5. The van der Waals surface area contributed by atoms with E-state index in [0.29, 0.717) is 0 Å². The summed E-state index contributed by atoms with van der Waals surface area (Å²) in [6.45, 7) is 1.91. The molecule has 0 heterocycles. The molecule has 0 aromatic heterocycles. The first-order chi connectivity index (χ1) is 10.1. The van der Waals surface area contributed by atoms with E-state index in [2.05, 4.69) is 5.32 Å². The van der Waals surface area contributed by atoms with Crippen LogP contribution in [0.5, 0.6) is 5.75 Å². The third-order valence-corrected chi connectivity index (χ3v) is 3.41. The molecule has 0 unspecified atom stereocenters. The van der Waals surface area contributed by atoms with E-state index in [4.69, 9.17) is 10.5 Å². The Morgan fingerprint density at radius 1 is 1.10 bits per heavy atom. The van der Waals surface area contributed by atoms with Crippen LogP contribution in [0.15, 0.2) is 54.6 Å². The Kier molecular flexibility index (Phi) is 4.95. The van der Waals surface area contributed by atoms with Crippen LogP contribution < -0.4 is 15.8 Å². The highest BCUT2D eigenvalue weighted by Crippen LogP contribution is 2.24. The number of hydrogen-bond acceptors (Lipinski definition) is 3. The second-order valence-electron chi connectivity index (χ2n) is 4.86. The number of hydrogen-bond donors (Lipinski definition) is 2. The van der Waals surface area contributed by atoms with E-state index in [1.165, 1.54) is 0 Å². The number of ether oxygens (including phenoxy) is 1. The molecule has 0 fully saturated rings. The summed E-state index contributed by atoms with van der Waals surface area (Å²) in [4.78, 5) is 12.2. The Morgan fingerprint density at radius 2 is 1.71 bits per heavy atom. The van der Waals surface area contributed by atoms with E-state index in [0.717, 1.165) is 16.9 Å². The van der Waals surface area contributed by atoms with Crippen molar-refractivity contribution < 1.29 is 9.53 Å². The first kappa shape index (κ1) is 15.1. The molecule has 4 nitrogen and oxygen atoms in total. The maximum atomic E-state index is 12.2. The average molecular weight is 284 g/mol. The molecule has 1 amide bonds. The number of methoxy groups -OCH3 is 1. The van der Waals surface area contributed by atoms with Crippen molar-refractivity contribution in [1.82, 2.24) is 5.32 Å². The standard InChI is InChI=1S/C17H20N2O2/c1-12(14-10-6-7-11-15(14)21-2)19-17(20)16(18)13-8-4-3-5-9-13/h3-12,16H,18H2,1-2H3,(H,19,20)/t12-,16-/m0/s1. The molecule has 2 atom stereocenters. The highest BCUT2D eigenvalue weighted by atomic mass is 16.5. The van der Waals surface area contributed by atoms with E-state index in [-0.39, 0.29) is 11.9 Å². The van der Waals surface area contributed by atoms with Crippen LogP contribution in [0.2, 0.25) is 0 Å². The summed E-state index contributed by atoms with van der Waals surface area (Å²) in [6.07, 6.45) is 0. The summed E-state index contributed by atoms with van der Waals surface area (Å²) in [5, 5.41) is 2.93. The SMILES string of the molecule is COc1ccccc1[C@H](C)NC(=O)[C@@H](N)c1ccccc1. The van der Waals surface area contributed by atoms with Crippen LogP contribution in [-0.2, 0) is 4.79 Å². The van der Waals surface area contributed by atoms with Crippen molar-refractivity contribution >= 4 is 5.91 Å². The van der Waals surface area contributed by atoms with Gasteiger partial charge in [-0.05, 0) is 18.6 Å². The van der Waals surface area contributed by atoms with Gasteiger partial charge in [-0.15, -0.1) is 0 Å². The molecule has 2 rings (SSSR count). The zero-order valence-electron chi connectivity index (χ0n) is 12.2. The van der Waals surface area contributed by atoms with E-state index < -0.39 is 6.04 Å². The van der Waals surface area contributed by atoms with Gasteiger partial charge in [0, 0.05) is 5.56 Å². The van der Waals surface area contributed by atoms with Gasteiger partial charge in [0.2, 0.25) is 5.91 Å². The summed E-state index contributed by atoms with van der Waals surface area (Å²) in [7, 11) is 1.61. The molecule has 0 bridgehead atoms. The molecule has 4 heteroatoms. The molecule has 110 valence electrons. The van der Waals surface area contributed by atoms with Crippen LogP contribution in [0.4, 0.5) is 0 Å². The van der Waals surface area contributed by atoms with E-state index >= 15 is 0 Å². The van der Waals surface area contributed by atoms with Gasteiger partial charge in [-0.25, -0.2) is 0 Å². The zero-order valence-corrected chi connectivity index (χ0v) is 12.2. The minimum atomic E-state index is -0.677.